The molecule has 0 aromatic carbocycles. The van der Waals surface area contributed by atoms with Crippen LogP contribution in [-0.4, -0.2) is 11.7 Å². The maximum Gasteiger partial charge on any atom is 0.0618 e. The summed E-state index contributed by atoms with van der Waals surface area (Å²) in [5.41, 5.74) is 4.56. The van der Waals surface area contributed by atoms with Crippen LogP contribution in [0.5, 0.6) is 0 Å². The zero-order valence-electron chi connectivity index (χ0n) is 13.5. The normalized spacial score (nSPS) is 21.3. The standard InChI is InChI=1S/C18H30O/c1-14-8-7-12-18(5,6)16(14)10-9-15(11-13-19)17(2,3)4/h9-11,19H,7-8,12-13H2,1-6H3/b10-9+,15-11+. The van der Waals surface area contributed by atoms with E-state index in [0.717, 1.165) is 0 Å². The van der Waals surface area contributed by atoms with Crippen LogP contribution >= 0.6 is 0 Å². The van der Waals surface area contributed by atoms with Gasteiger partial charge in [0, 0.05) is 0 Å². The molecule has 1 aliphatic carbocycles. The van der Waals surface area contributed by atoms with E-state index in [1.807, 2.05) is 6.08 Å². The largest absolute Gasteiger partial charge is 0.392 e. The molecule has 0 fully saturated rings. The van der Waals surface area contributed by atoms with Gasteiger partial charge >= 0.3 is 0 Å². The molecule has 19 heavy (non-hydrogen) atoms. The van der Waals surface area contributed by atoms with Crippen LogP contribution in [0, 0.1) is 10.8 Å². The molecule has 1 aliphatic rings. The van der Waals surface area contributed by atoms with Gasteiger partial charge in [0.2, 0.25) is 0 Å². The maximum atomic E-state index is 9.17. The van der Waals surface area contributed by atoms with Gasteiger partial charge in [-0.3, -0.25) is 0 Å². The van der Waals surface area contributed by atoms with Gasteiger partial charge in [-0.15, -0.1) is 0 Å². The lowest BCUT2D eigenvalue weighted by atomic mass is 9.72. The van der Waals surface area contributed by atoms with Gasteiger partial charge in [-0.2, -0.15) is 0 Å². The zero-order chi connectivity index (χ0) is 14.7. The predicted molar refractivity (Wildman–Crippen MR) is 84.1 cm³/mol. The Morgan fingerprint density at radius 3 is 2.42 bits per heavy atom. The summed E-state index contributed by atoms with van der Waals surface area (Å²) in [6.07, 6.45) is 10.2. The lowest BCUT2D eigenvalue weighted by Gasteiger charge is -2.33. The number of aliphatic hydroxyl groups is 1. The number of aliphatic hydroxyl groups excluding tert-OH is 1. The van der Waals surface area contributed by atoms with Crippen LogP contribution in [0.2, 0.25) is 0 Å². The van der Waals surface area contributed by atoms with Crippen molar-refractivity contribution >= 4 is 0 Å². The van der Waals surface area contributed by atoms with Crippen LogP contribution in [0.1, 0.15) is 60.8 Å². The van der Waals surface area contributed by atoms with Gasteiger partial charge in [0.05, 0.1) is 6.61 Å². The Labute approximate surface area is 119 Å². The summed E-state index contributed by atoms with van der Waals surface area (Å²) < 4.78 is 0. The average molecular weight is 262 g/mol. The second-order valence-electron chi connectivity index (χ2n) is 7.36. The molecule has 0 atom stereocenters. The Morgan fingerprint density at radius 2 is 1.95 bits per heavy atom. The summed E-state index contributed by atoms with van der Waals surface area (Å²) in [6, 6.07) is 0. The summed E-state index contributed by atoms with van der Waals surface area (Å²) >= 11 is 0. The molecule has 0 bridgehead atoms. The molecule has 0 aromatic heterocycles. The minimum atomic E-state index is 0.0759. The molecule has 0 aromatic rings. The van der Waals surface area contributed by atoms with Crippen molar-refractivity contribution in [3.63, 3.8) is 0 Å². The molecule has 0 heterocycles. The highest BCUT2D eigenvalue weighted by atomic mass is 16.2. The Bertz CT molecular complexity index is 400. The van der Waals surface area contributed by atoms with Gasteiger partial charge in [0.25, 0.3) is 0 Å². The topological polar surface area (TPSA) is 20.2 Å². The molecule has 0 unspecified atom stereocenters. The molecule has 0 spiro atoms. The molecule has 0 amide bonds. The SMILES string of the molecule is CC1=C(/C=C/C(=C\CO)C(C)(C)C)C(C)(C)CCC1. The fraction of sp³-hybridized carbons (Fsp3) is 0.667. The molecule has 1 rings (SSSR count). The smallest absolute Gasteiger partial charge is 0.0618 e. The molecule has 0 aliphatic heterocycles. The van der Waals surface area contributed by atoms with Gasteiger partial charge in [-0.1, -0.05) is 58.4 Å². The van der Waals surface area contributed by atoms with Crippen molar-refractivity contribution in [2.75, 3.05) is 6.61 Å². The zero-order valence-corrected chi connectivity index (χ0v) is 13.5. The van der Waals surface area contributed by atoms with Crippen molar-refractivity contribution < 1.29 is 5.11 Å². The van der Waals surface area contributed by atoms with Crippen LogP contribution in [0.3, 0.4) is 0 Å². The van der Waals surface area contributed by atoms with Crippen molar-refractivity contribution in [1.29, 1.82) is 0 Å². The van der Waals surface area contributed by atoms with Gasteiger partial charge in [-0.05, 0) is 48.2 Å². The van der Waals surface area contributed by atoms with E-state index in [1.54, 1.807) is 0 Å². The fourth-order valence-electron chi connectivity index (χ4n) is 2.91. The number of allylic oxidation sites excluding steroid dienone is 5. The van der Waals surface area contributed by atoms with Crippen molar-refractivity contribution in [2.45, 2.75) is 60.8 Å². The molecule has 0 saturated heterocycles. The summed E-state index contributed by atoms with van der Waals surface area (Å²) in [6.45, 7) is 13.6. The van der Waals surface area contributed by atoms with Crippen LogP contribution in [0.4, 0.5) is 0 Å². The van der Waals surface area contributed by atoms with E-state index in [4.69, 9.17) is 5.11 Å². The van der Waals surface area contributed by atoms with E-state index in [1.165, 1.54) is 36.0 Å². The number of rotatable bonds is 3. The summed E-state index contributed by atoms with van der Waals surface area (Å²) in [5.74, 6) is 0. The van der Waals surface area contributed by atoms with Gasteiger partial charge in [0.15, 0.2) is 0 Å². The second-order valence-corrected chi connectivity index (χ2v) is 7.36. The molecular weight excluding hydrogens is 232 g/mol. The van der Waals surface area contributed by atoms with Crippen LogP contribution < -0.4 is 0 Å². The Balaban J connectivity index is 3.05. The Morgan fingerprint density at radius 1 is 1.32 bits per heavy atom. The minimum absolute atomic E-state index is 0.0759. The predicted octanol–water partition coefficient (Wildman–Crippen LogP) is 5.03. The van der Waals surface area contributed by atoms with E-state index in [2.05, 4.69) is 53.7 Å². The molecule has 0 saturated carbocycles. The lowest BCUT2D eigenvalue weighted by molar-refractivity contribution is 0.339. The number of hydrogen-bond acceptors (Lipinski definition) is 1. The van der Waals surface area contributed by atoms with Crippen LogP contribution in [-0.2, 0) is 0 Å². The fourth-order valence-corrected chi connectivity index (χ4v) is 2.91. The Hall–Kier alpha value is -0.820. The molecule has 0 radical (unpaired) electrons. The minimum Gasteiger partial charge on any atom is -0.392 e. The Kier molecular flexibility index (Phi) is 5.20. The quantitative estimate of drug-likeness (QED) is 0.707. The highest BCUT2D eigenvalue weighted by Gasteiger charge is 2.26. The third-order valence-electron chi connectivity index (χ3n) is 4.15. The maximum absolute atomic E-state index is 9.17. The first-order valence-corrected chi connectivity index (χ1v) is 7.38. The third kappa shape index (κ3) is 4.35. The monoisotopic (exact) mass is 262 g/mol. The van der Waals surface area contributed by atoms with E-state index in [0.29, 0.717) is 0 Å². The second kappa shape index (κ2) is 6.09. The molecule has 1 N–H and O–H groups in total. The molecular formula is C18H30O. The summed E-state index contributed by atoms with van der Waals surface area (Å²) in [4.78, 5) is 0. The number of hydrogen-bond donors (Lipinski definition) is 1. The molecule has 1 heteroatoms. The lowest BCUT2D eigenvalue weighted by Crippen LogP contribution is -2.19. The van der Waals surface area contributed by atoms with E-state index in [9.17, 15) is 0 Å². The van der Waals surface area contributed by atoms with E-state index < -0.39 is 0 Å². The molecule has 1 nitrogen and oxygen atoms in total. The third-order valence-corrected chi connectivity index (χ3v) is 4.15. The highest BCUT2D eigenvalue weighted by Crippen LogP contribution is 2.41. The molecule has 108 valence electrons. The first-order chi connectivity index (χ1) is 8.68. The van der Waals surface area contributed by atoms with Gasteiger partial charge < -0.3 is 5.11 Å². The first-order valence-electron chi connectivity index (χ1n) is 7.38. The van der Waals surface area contributed by atoms with Crippen LogP contribution in [0.15, 0.2) is 34.9 Å². The van der Waals surface area contributed by atoms with E-state index in [-0.39, 0.29) is 17.4 Å². The summed E-state index contributed by atoms with van der Waals surface area (Å²) in [7, 11) is 0. The van der Waals surface area contributed by atoms with E-state index >= 15 is 0 Å². The first kappa shape index (κ1) is 16.2. The average Bonchev–Trinajstić information content (AvgIpc) is 2.24. The van der Waals surface area contributed by atoms with Crippen LogP contribution in [0.25, 0.3) is 0 Å². The highest BCUT2D eigenvalue weighted by molar-refractivity contribution is 5.37. The van der Waals surface area contributed by atoms with Crippen molar-refractivity contribution in [3.8, 4) is 0 Å². The van der Waals surface area contributed by atoms with Crippen molar-refractivity contribution in [1.82, 2.24) is 0 Å². The van der Waals surface area contributed by atoms with Crippen molar-refractivity contribution in [3.05, 3.63) is 34.9 Å². The summed E-state index contributed by atoms with van der Waals surface area (Å²) in [5, 5.41) is 9.17. The van der Waals surface area contributed by atoms with Gasteiger partial charge in [-0.25, -0.2) is 0 Å². The van der Waals surface area contributed by atoms with Gasteiger partial charge in [0.1, 0.15) is 0 Å². The van der Waals surface area contributed by atoms with Crippen molar-refractivity contribution in [2.24, 2.45) is 10.8 Å².